The highest BCUT2D eigenvalue weighted by Crippen LogP contribution is 2.28. The molecule has 2 heterocycles. The molecule has 33 heavy (non-hydrogen) atoms. The number of fused-ring (bicyclic) bond motifs is 2. The Morgan fingerprint density at radius 2 is 1.42 bits per heavy atom. The van der Waals surface area contributed by atoms with E-state index in [1.165, 1.54) is 0 Å². The second kappa shape index (κ2) is 8.16. The Labute approximate surface area is 188 Å². The Balaban J connectivity index is 1.35. The molecule has 0 unspecified atom stereocenters. The highest BCUT2D eigenvalue weighted by Gasteiger charge is 2.40. The molecule has 0 saturated carbocycles. The molecular formula is C25H18N4O4. The Hall–Kier alpha value is -4.59. The lowest BCUT2D eigenvalue weighted by molar-refractivity contribution is 0.0922. The number of para-hydroxylation sites is 2. The summed E-state index contributed by atoms with van der Waals surface area (Å²) in [7, 11) is 0. The predicted molar refractivity (Wildman–Crippen MR) is 123 cm³/mol. The van der Waals surface area contributed by atoms with Crippen LogP contribution in [0, 0.1) is 0 Å². The zero-order valence-electron chi connectivity index (χ0n) is 17.6. The summed E-state index contributed by atoms with van der Waals surface area (Å²) in [6.07, 6.45) is 0. The fourth-order valence-electron chi connectivity index (χ4n) is 3.60. The number of hydrogen-bond donors (Lipinski definition) is 1. The summed E-state index contributed by atoms with van der Waals surface area (Å²) < 4.78 is 5.39. The van der Waals surface area contributed by atoms with Crippen LogP contribution in [0.25, 0.3) is 11.0 Å². The standard InChI is InChI=1S/C25H18N4O4/c1-2-33-18-13-9-16(10-14-18)26-23(30)15-7-11-17(12-8-15)29-24(31)21-22(25(29)32)28-20-6-4-3-5-19(20)27-21/h3-14H,2H2,1H3,(H,26,30). The van der Waals surface area contributed by atoms with E-state index in [1.54, 1.807) is 72.8 Å². The Morgan fingerprint density at radius 3 is 1.97 bits per heavy atom. The molecule has 0 spiro atoms. The van der Waals surface area contributed by atoms with Gasteiger partial charge in [0.25, 0.3) is 17.7 Å². The molecule has 0 radical (unpaired) electrons. The molecule has 8 nitrogen and oxygen atoms in total. The van der Waals surface area contributed by atoms with E-state index in [-0.39, 0.29) is 17.3 Å². The number of ether oxygens (including phenoxy) is 1. The third-order valence-corrected chi connectivity index (χ3v) is 5.19. The molecule has 3 amide bonds. The number of carbonyl (C=O) groups excluding carboxylic acids is 3. The number of aromatic nitrogens is 2. The van der Waals surface area contributed by atoms with Crippen molar-refractivity contribution in [3.63, 3.8) is 0 Å². The van der Waals surface area contributed by atoms with Crippen LogP contribution in [0.15, 0.2) is 72.8 Å². The maximum atomic E-state index is 12.9. The number of hydrogen-bond acceptors (Lipinski definition) is 6. The lowest BCUT2D eigenvalue weighted by Gasteiger charge is -2.13. The van der Waals surface area contributed by atoms with E-state index in [4.69, 9.17) is 4.74 Å². The van der Waals surface area contributed by atoms with E-state index < -0.39 is 11.8 Å². The molecule has 1 aliphatic rings. The molecular weight excluding hydrogens is 420 g/mol. The van der Waals surface area contributed by atoms with Gasteiger partial charge in [-0.3, -0.25) is 14.4 Å². The Kier molecular flexibility index (Phi) is 5.02. The third-order valence-electron chi connectivity index (χ3n) is 5.19. The van der Waals surface area contributed by atoms with Crippen molar-refractivity contribution < 1.29 is 19.1 Å². The quantitative estimate of drug-likeness (QED) is 0.471. The van der Waals surface area contributed by atoms with Crippen molar-refractivity contribution in [2.45, 2.75) is 6.92 Å². The molecule has 8 heteroatoms. The average molecular weight is 438 g/mol. The van der Waals surface area contributed by atoms with Crippen LogP contribution in [0.2, 0.25) is 0 Å². The summed E-state index contributed by atoms with van der Waals surface area (Å²) in [5.41, 5.74) is 2.47. The molecule has 4 aromatic rings. The van der Waals surface area contributed by atoms with Gasteiger partial charge in [0.15, 0.2) is 11.4 Å². The van der Waals surface area contributed by atoms with Crippen LogP contribution in [-0.4, -0.2) is 34.3 Å². The topological polar surface area (TPSA) is 101 Å². The number of nitrogens with zero attached hydrogens (tertiary/aromatic N) is 3. The van der Waals surface area contributed by atoms with Gasteiger partial charge < -0.3 is 10.1 Å². The fourth-order valence-corrected chi connectivity index (χ4v) is 3.60. The van der Waals surface area contributed by atoms with Crippen molar-refractivity contribution in [2.75, 3.05) is 16.8 Å². The van der Waals surface area contributed by atoms with Crippen molar-refractivity contribution >= 4 is 40.1 Å². The van der Waals surface area contributed by atoms with Gasteiger partial charge >= 0.3 is 0 Å². The largest absolute Gasteiger partial charge is 0.494 e. The minimum Gasteiger partial charge on any atom is -0.494 e. The molecule has 0 fully saturated rings. The molecule has 0 bridgehead atoms. The molecule has 0 aliphatic carbocycles. The van der Waals surface area contributed by atoms with Crippen LogP contribution in [0.3, 0.4) is 0 Å². The lowest BCUT2D eigenvalue weighted by atomic mass is 10.1. The fraction of sp³-hybridized carbons (Fsp3) is 0.0800. The Bertz CT molecular complexity index is 1340. The molecule has 1 aromatic heterocycles. The highest BCUT2D eigenvalue weighted by atomic mass is 16.5. The average Bonchev–Trinajstić information content (AvgIpc) is 3.08. The van der Waals surface area contributed by atoms with Crippen molar-refractivity contribution in [1.29, 1.82) is 0 Å². The van der Waals surface area contributed by atoms with Gasteiger partial charge in [0.05, 0.1) is 23.3 Å². The zero-order chi connectivity index (χ0) is 22.9. The van der Waals surface area contributed by atoms with Crippen LogP contribution in [0.5, 0.6) is 5.75 Å². The predicted octanol–water partition coefficient (Wildman–Crippen LogP) is 4.08. The number of anilines is 2. The maximum Gasteiger partial charge on any atom is 0.286 e. The van der Waals surface area contributed by atoms with Crippen LogP contribution in [-0.2, 0) is 0 Å². The first-order valence-corrected chi connectivity index (χ1v) is 10.3. The van der Waals surface area contributed by atoms with E-state index in [0.29, 0.717) is 34.6 Å². The van der Waals surface area contributed by atoms with E-state index in [2.05, 4.69) is 15.3 Å². The molecule has 0 saturated heterocycles. The molecule has 5 rings (SSSR count). The monoisotopic (exact) mass is 438 g/mol. The highest BCUT2D eigenvalue weighted by molar-refractivity contribution is 6.33. The summed E-state index contributed by atoms with van der Waals surface area (Å²) in [6, 6.07) is 20.3. The van der Waals surface area contributed by atoms with Gasteiger partial charge in [0, 0.05) is 11.3 Å². The first kappa shape index (κ1) is 20.3. The minimum absolute atomic E-state index is 0.0241. The van der Waals surface area contributed by atoms with Crippen LogP contribution >= 0.6 is 0 Å². The van der Waals surface area contributed by atoms with E-state index in [0.717, 1.165) is 10.6 Å². The third kappa shape index (κ3) is 3.67. The summed E-state index contributed by atoms with van der Waals surface area (Å²) in [4.78, 5) is 48.1. The molecule has 1 aliphatic heterocycles. The summed E-state index contributed by atoms with van der Waals surface area (Å²) in [5.74, 6) is -0.681. The lowest BCUT2D eigenvalue weighted by Crippen LogP contribution is -2.29. The first-order chi connectivity index (χ1) is 16.0. The molecule has 3 aromatic carbocycles. The van der Waals surface area contributed by atoms with Gasteiger partial charge in [-0.15, -0.1) is 0 Å². The SMILES string of the molecule is CCOc1ccc(NC(=O)c2ccc(N3C(=O)c4nc5ccccc5nc4C3=O)cc2)cc1. The van der Waals surface area contributed by atoms with Gasteiger partial charge in [0.1, 0.15) is 5.75 Å². The van der Waals surface area contributed by atoms with Gasteiger partial charge in [-0.05, 0) is 67.6 Å². The van der Waals surface area contributed by atoms with Crippen LogP contribution in [0.1, 0.15) is 38.3 Å². The number of benzene rings is 3. The minimum atomic E-state index is -0.542. The van der Waals surface area contributed by atoms with Crippen molar-refractivity contribution in [3.8, 4) is 5.75 Å². The number of rotatable bonds is 5. The van der Waals surface area contributed by atoms with Gasteiger partial charge in [-0.25, -0.2) is 14.9 Å². The van der Waals surface area contributed by atoms with Gasteiger partial charge in [-0.1, -0.05) is 12.1 Å². The molecule has 0 atom stereocenters. The molecule has 162 valence electrons. The smallest absolute Gasteiger partial charge is 0.286 e. The van der Waals surface area contributed by atoms with Crippen molar-refractivity contribution in [3.05, 3.63) is 89.7 Å². The number of amides is 3. The summed E-state index contributed by atoms with van der Waals surface area (Å²) in [5, 5.41) is 2.80. The van der Waals surface area contributed by atoms with Crippen LogP contribution in [0.4, 0.5) is 11.4 Å². The van der Waals surface area contributed by atoms with E-state index in [9.17, 15) is 14.4 Å². The number of nitrogens with one attached hydrogen (secondary N) is 1. The normalized spacial score (nSPS) is 12.7. The van der Waals surface area contributed by atoms with Crippen LogP contribution < -0.4 is 15.0 Å². The van der Waals surface area contributed by atoms with Crippen molar-refractivity contribution in [2.24, 2.45) is 0 Å². The number of imide groups is 1. The van der Waals surface area contributed by atoms with Gasteiger partial charge in [0.2, 0.25) is 0 Å². The second-order valence-corrected chi connectivity index (χ2v) is 7.31. The van der Waals surface area contributed by atoms with E-state index in [1.807, 2.05) is 6.92 Å². The zero-order valence-corrected chi connectivity index (χ0v) is 17.6. The second-order valence-electron chi connectivity index (χ2n) is 7.31. The van der Waals surface area contributed by atoms with Crippen molar-refractivity contribution in [1.82, 2.24) is 9.97 Å². The Morgan fingerprint density at radius 1 is 0.848 bits per heavy atom. The number of carbonyl (C=O) groups is 3. The first-order valence-electron chi connectivity index (χ1n) is 10.3. The van der Waals surface area contributed by atoms with Gasteiger partial charge in [-0.2, -0.15) is 0 Å². The maximum absolute atomic E-state index is 12.9. The van der Waals surface area contributed by atoms with E-state index >= 15 is 0 Å². The summed E-state index contributed by atoms with van der Waals surface area (Å²) >= 11 is 0. The molecule has 1 N–H and O–H groups in total. The summed E-state index contributed by atoms with van der Waals surface area (Å²) in [6.45, 7) is 2.46.